The molecule has 0 bridgehead atoms. The highest BCUT2D eigenvalue weighted by atomic mass is 32.2. The van der Waals surface area contributed by atoms with Gasteiger partial charge >= 0.3 is 0 Å². The number of thioether (sulfide) groups is 1. The van der Waals surface area contributed by atoms with E-state index in [1.54, 1.807) is 13.2 Å². The first kappa shape index (κ1) is 13.4. The molecule has 0 unspecified atom stereocenters. The molecular weight excluding hydrogens is 248 g/mol. The standard InChI is InChI=1S/C12H20N4OS/c1-17-6-5-12(3-4-12)8-14-10-7-9(13)15-11(16-10)18-2/h7H,3-6,8H2,1-2H3,(H3,13,14,15,16). The van der Waals surface area contributed by atoms with Gasteiger partial charge in [0, 0.05) is 26.3 Å². The van der Waals surface area contributed by atoms with Crippen molar-refractivity contribution in [1.82, 2.24) is 9.97 Å². The molecule has 5 nitrogen and oxygen atoms in total. The Morgan fingerprint density at radius 1 is 1.50 bits per heavy atom. The fourth-order valence-corrected chi connectivity index (χ4v) is 2.30. The number of nitrogen functional groups attached to an aromatic ring is 1. The van der Waals surface area contributed by atoms with Gasteiger partial charge in [-0.2, -0.15) is 0 Å². The van der Waals surface area contributed by atoms with Crippen LogP contribution in [0.2, 0.25) is 0 Å². The molecular formula is C12H20N4OS. The number of nitrogens with two attached hydrogens (primary N) is 1. The monoisotopic (exact) mass is 268 g/mol. The van der Waals surface area contributed by atoms with Gasteiger partial charge in [0.2, 0.25) is 0 Å². The predicted molar refractivity (Wildman–Crippen MR) is 74.9 cm³/mol. The quantitative estimate of drug-likeness (QED) is 0.582. The second-order valence-corrected chi connectivity index (χ2v) is 5.53. The molecule has 1 aliphatic rings. The highest BCUT2D eigenvalue weighted by molar-refractivity contribution is 7.98. The molecule has 0 amide bonds. The molecule has 0 spiro atoms. The zero-order valence-electron chi connectivity index (χ0n) is 10.9. The van der Waals surface area contributed by atoms with Gasteiger partial charge in [0.25, 0.3) is 0 Å². The molecule has 0 atom stereocenters. The van der Waals surface area contributed by atoms with Gasteiger partial charge in [-0.15, -0.1) is 0 Å². The van der Waals surface area contributed by atoms with E-state index in [4.69, 9.17) is 10.5 Å². The molecule has 18 heavy (non-hydrogen) atoms. The summed E-state index contributed by atoms with van der Waals surface area (Å²) in [6.45, 7) is 1.75. The lowest BCUT2D eigenvalue weighted by Gasteiger charge is -2.16. The van der Waals surface area contributed by atoms with Crippen LogP contribution in [0.1, 0.15) is 19.3 Å². The van der Waals surface area contributed by atoms with Crippen molar-refractivity contribution < 1.29 is 4.74 Å². The van der Waals surface area contributed by atoms with Crippen LogP contribution in [-0.2, 0) is 4.74 Å². The third kappa shape index (κ3) is 3.49. The summed E-state index contributed by atoms with van der Waals surface area (Å²) in [5.41, 5.74) is 6.14. The maximum absolute atomic E-state index is 5.75. The summed E-state index contributed by atoms with van der Waals surface area (Å²) in [7, 11) is 1.75. The SMILES string of the molecule is COCCC1(CNc2cc(N)nc(SC)n2)CC1. The number of methoxy groups -OCH3 is 1. The van der Waals surface area contributed by atoms with Gasteiger partial charge in [0.05, 0.1) is 0 Å². The summed E-state index contributed by atoms with van der Waals surface area (Å²) in [5, 5.41) is 4.08. The number of nitrogens with one attached hydrogen (secondary N) is 1. The molecule has 2 rings (SSSR count). The van der Waals surface area contributed by atoms with Crippen molar-refractivity contribution in [3.63, 3.8) is 0 Å². The van der Waals surface area contributed by atoms with Crippen LogP contribution in [0.3, 0.4) is 0 Å². The molecule has 0 aliphatic heterocycles. The van der Waals surface area contributed by atoms with Crippen molar-refractivity contribution in [3.05, 3.63) is 6.07 Å². The number of ether oxygens (including phenoxy) is 1. The van der Waals surface area contributed by atoms with Crippen LogP contribution in [0.5, 0.6) is 0 Å². The van der Waals surface area contributed by atoms with Gasteiger partial charge in [-0.25, -0.2) is 9.97 Å². The normalized spacial score (nSPS) is 16.6. The van der Waals surface area contributed by atoms with Gasteiger partial charge in [0.1, 0.15) is 11.6 Å². The first-order chi connectivity index (χ1) is 8.67. The van der Waals surface area contributed by atoms with Crippen molar-refractivity contribution in [2.75, 3.05) is 37.6 Å². The highest BCUT2D eigenvalue weighted by Crippen LogP contribution is 2.48. The fourth-order valence-electron chi connectivity index (χ4n) is 1.91. The molecule has 1 saturated carbocycles. The van der Waals surface area contributed by atoms with Crippen molar-refractivity contribution in [2.24, 2.45) is 5.41 Å². The van der Waals surface area contributed by atoms with Crippen LogP contribution in [-0.4, -0.2) is 36.5 Å². The zero-order chi connectivity index (χ0) is 13.0. The molecule has 0 saturated heterocycles. The van der Waals surface area contributed by atoms with Gasteiger partial charge in [0.15, 0.2) is 5.16 Å². The minimum Gasteiger partial charge on any atom is -0.385 e. The Morgan fingerprint density at radius 2 is 2.28 bits per heavy atom. The first-order valence-corrected chi connectivity index (χ1v) is 7.31. The Bertz CT molecular complexity index is 409. The second kappa shape index (κ2) is 5.75. The molecule has 3 N–H and O–H groups in total. The predicted octanol–water partition coefficient (Wildman–Crippen LogP) is 2.01. The third-order valence-electron chi connectivity index (χ3n) is 3.35. The molecule has 1 fully saturated rings. The van der Waals surface area contributed by atoms with Crippen LogP contribution in [0.15, 0.2) is 11.2 Å². The topological polar surface area (TPSA) is 73.1 Å². The number of aromatic nitrogens is 2. The average molecular weight is 268 g/mol. The smallest absolute Gasteiger partial charge is 0.191 e. The lowest BCUT2D eigenvalue weighted by molar-refractivity contribution is 0.175. The van der Waals surface area contributed by atoms with E-state index < -0.39 is 0 Å². The Kier molecular flexibility index (Phi) is 4.29. The first-order valence-electron chi connectivity index (χ1n) is 6.09. The van der Waals surface area contributed by atoms with Crippen molar-refractivity contribution >= 4 is 23.4 Å². The van der Waals surface area contributed by atoms with Crippen molar-refractivity contribution in [3.8, 4) is 0 Å². The summed E-state index contributed by atoms with van der Waals surface area (Å²) in [4.78, 5) is 8.52. The molecule has 1 aliphatic carbocycles. The molecule has 6 heteroatoms. The molecule has 1 aromatic rings. The number of hydrogen-bond acceptors (Lipinski definition) is 6. The van der Waals surface area contributed by atoms with E-state index >= 15 is 0 Å². The lowest BCUT2D eigenvalue weighted by atomic mass is 10.0. The van der Waals surface area contributed by atoms with E-state index in [0.29, 0.717) is 16.4 Å². The largest absolute Gasteiger partial charge is 0.385 e. The lowest BCUT2D eigenvalue weighted by Crippen LogP contribution is -2.18. The number of anilines is 2. The summed E-state index contributed by atoms with van der Waals surface area (Å²) >= 11 is 1.50. The van der Waals surface area contributed by atoms with Gasteiger partial charge in [-0.1, -0.05) is 11.8 Å². The highest BCUT2D eigenvalue weighted by Gasteiger charge is 2.41. The fraction of sp³-hybridized carbons (Fsp3) is 0.667. The second-order valence-electron chi connectivity index (χ2n) is 4.76. The summed E-state index contributed by atoms with van der Waals surface area (Å²) in [6, 6.07) is 1.78. The third-order valence-corrected chi connectivity index (χ3v) is 3.89. The van der Waals surface area contributed by atoms with Crippen molar-refractivity contribution in [2.45, 2.75) is 24.4 Å². The van der Waals surface area contributed by atoms with E-state index in [2.05, 4.69) is 15.3 Å². The summed E-state index contributed by atoms with van der Waals surface area (Å²) in [6.07, 6.45) is 5.57. The number of rotatable bonds is 7. The minimum absolute atomic E-state index is 0.398. The van der Waals surface area contributed by atoms with Crippen molar-refractivity contribution in [1.29, 1.82) is 0 Å². The van der Waals surface area contributed by atoms with Crippen LogP contribution in [0.25, 0.3) is 0 Å². The van der Waals surface area contributed by atoms with E-state index in [-0.39, 0.29) is 0 Å². The van der Waals surface area contributed by atoms with Gasteiger partial charge in [-0.3, -0.25) is 0 Å². The van der Waals surface area contributed by atoms with E-state index in [1.807, 2.05) is 6.26 Å². The van der Waals surface area contributed by atoms with E-state index in [1.165, 1.54) is 24.6 Å². The van der Waals surface area contributed by atoms with Crippen LogP contribution >= 0.6 is 11.8 Å². The Morgan fingerprint density at radius 3 is 2.89 bits per heavy atom. The number of nitrogens with zero attached hydrogens (tertiary/aromatic N) is 2. The van der Waals surface area contributed by atoms with Gasteiger partial charge in [-0.05, 0) is 30.9 Å². The molecule has 1 heterocycles. The van der Waals surface area contributed by atoms with Crippen LogP contribution in [0, 0.1) is 5.41 Å². The molecule has 0 aromatic carbocycles. The maximum Gasteiger partial charge on any atom is 0.191 e. The molecule has 0 radical (unpaired) electrons. The zero-order valence-corrected chi connectivity index (χ0v) is 11.7. The molecule has 100 valence electrons. The maximum atomic E-state index is 5.75. The van der Waals surface area contributed by atoms with E-state index in [0.717, 1.165) is 25.4 Å². The number of hydrogen-bond donors (Lipinski definition) is 2. The summed E-state index contributed by atoms with van der Waals surface area (Å²) < 4.78 is 5.15. The minimum atomic E-state index is 0.398. The Hall–Kier alpha value is -1.01. The van der Waals surface area contributed by atoms with Gasteiger partial charge < -0.3 is 15.8 Å². The Balaban J connectivity index is 1.92. The molecule has 1 aromatic heterocycles. The van der Waals surface area contributed by atoms with E-state index in [9.17, 15) is 0 Å². The van der Waals surface area contributed by atoms with Crippen LogP contribution in [0.4, 0.5) is 11.6 Å². The Labute approximate surface area is 112 Å². The average Bonchev–Trinajstić information content (AvgIpc) is 3.14. The summed E-state index contributed by atoms with van der Waals surface area (Å²) in [5.74, 6) is 1.33. The van der Waals surface area contributed by atoms with Crippen LogP contribution < -0.4 is 11.1 Å².